The summed E-state index contributed by atoms with van der Waals surface area (Å²) in [4.78, 5) is 15.1. The Morgan fingerprint density at radius 1 is 1.16 bits per heavy atom. The van der Waals surface area contributed by atoms with Crippen molar-refractivity contribution in [3.8, 4) is 0 Å². The molecule has 3 rings (SSSR count). The second-order valence-corrected chi connectivity index (χ2v) is 8.56. The highest BCUT2D eigenvalue weighted by atomic mass is 35.5. The largest absolute Gasteiger partial charge is 0.345 e. The summed E-state index contributed by atoms with van der Waals surface area (Å²) < 4.78 is 2.42. The number of amides is 1. The molecule has 1 unspecified atom stereocenters. The Morgan fingerprint density at radius 3 is 2.40 bits per heavy atom. The van der Waals surface area contributed by atoms with E-state index in [1.807, 2.05) is 4.90 Å². The third-order valence-corrected chi connectivity index (χ3v) is 6.25. The van der Waals surface area contributed by atoms with Crippen LogP contribution in [0.15, 0.2) is 6.07 Å². The number of aryl methyl sites for hydroxylation is 1. The topological polar surface area (TPSA) is 51.3 Å². The van der Waals surface area contributed by atoms with Crippen molar-refractivity contribution in [2.75, 3.05) is 13.1 Å². The van der Waals surface area contributed by atoms with Crippen molar-refractivity contribution in [3.63, 3.8) is 0 Å². The highest BCUT2D eigenvalue weighted by Crippen LogP contribution is 2.33. The van der Waals surface area contributed by atoms with Gasteiger partial charge in [-0.3, -0.25) is 4.79 Å². The number of hydrogen-bond acceptors (Lipinski definition) is 2. The van der Waals surface area contributed by atoms with Crippen LogP contribution in [-0.4, -0.2) is 34.5 Å². The smallest absolute Gasteiger partial charge is 0.255 e. The van der Waals surface area contributed by atoms with Crippen LogP contribution in [0.25, 0.3) is 0 Å². The molecule has 4 nitrogen and oxygen atoms in total. The first-order valence-electron chi connectivity index (χ1n) is 9.54. The summed E-state index contributed by atoms with van der Waals surface area (Å²) >= 11 is 0. The Hall–Kier alpha value is -1.000. The van der Waals surface area contributed by atoms with Crippen molar-refractivity contribution in [2.24, 2.45) is 11.1 Å². The quantitative estimate of drug-likeness (QED) is 0.850. The molecule has 0 aromatic carbocycles. The standard InChI is InChI=1S/C20H33N3O.ClH/c1-14-12-17(15(2)23(14)16-8-6-5-7-9-16)19(24)22-11-10-18(21)20(3,4)13-22;/h12,16,18H,5-11,13,21H2,1-4H3;1H. The van der Waals surface area contributed by atoms with E-state index < -0.39 is 0 Å². The van der Waals surface area contributed by atoms with Crippen LogP contribution in [0.5, 0.6) is 0 Å². The molecule has 2 aliphatic rings. The van der Waals surface area contributed by atoms with Crippen molar-refractivity contribution in [1.29, 1.82) is 0 Å². The maximum absolute atomic E-state index is 13.1. The normalized spacial score (nSPS) is 24.0. The van der Waals surface area contributed by atoms with E-state index in [9.17, 15) is 4.79 Å². The maximum atomic E-state index is 13.1. The molecule has 2 heterocycles. The average molecular weight is 368 g/mol. The van der Waals surface area contributed by atoms with E-state index in [1.54, 1.807) is 0 Å². The molecule has 1 aromatic heterocycles. The van der Waals surface area contributed by atoms with Gasteiger partial charge in [0.25, 0.3) is 5.91 Å². The molecule has 25 heavy (non-hydrogen) atoms. The molecular weight excluding hydrogens is 334 g/mol. The van der Waals surface area contributed by atoms with Crippen LogP contribution in [-0.2, 0) is 0 Å². The number of likely N-dealkylation sites (tertiary alicyclic amines) is 1. The number of nitrogens with zero attached hydrogens (tertiary/aromatic N) is 2. The lowest BCUT2D eigenvalue weighted by Crippen LogP contribution is -2.54. The van der Waals surface area contributed by atoms with Crippen molar-refractivity contribution in [1.82, 2.24) is 9.47 Å². The van der Waals surface area contributed by atoms with Gasteiger partial charge in [0.15, 0.2) is 0 Å². The first-order chi connectivity index (χ1) is 11.3. The van der Waals surface area contributed by atoms with E-state index in [4.69, 9.17) is 5.73 Å². The molecule has 142 valence electrons. The number of aromatic nitrogens is 1. The van der Waals surface area contributed by atoms with Gasteiger partial charge >= 0.3 is 0 Å². The minimum Gasteiger partial charge on any atom is -0.345 e. The number of piperidine rings is 1. The SMILES string of the molecule is Cc1cc(C(=O)N2CCC(N)C(C)(C)C2)c(C)n1C1CCCCC1.Cl. The molecular formula is C20H34ClN3O. The van der Waals surface area contributed by atoms with Gasteiger partial charge in [0, 0.05) is 36.6 Å². The van der Waals surface area contributed by atoms with Crippen LogP contribution < -0.4 is 5.73 Å². The molecule has 1 aromatic rings. The van der Waals surface area contributed by atoms with E-state index >= 15 is 0 Å². The monoisotopic (exact) mass is 367 g/mol. The van der Waals surface area contributed by atoms with Gasteiger partial charge < -0.3 is 15.2 Å². The minimum absolute atomic E-state index is 0. The van der Waals surface area contributed by atoms with Gasteiger partial charge in [0.1, 0.15) is 0 Å². The molecule has 5 heteroatoms. The molecule has 0 spiro atoms. The van der Waals surface area contributed by atoms with Crippen LogP contribution in [0.4, 0.5) is 0 Å². The highest BCUT2D eigenvalue weighted by Gasteiger charge is 2.36. The first kappa shape index (κ1) is 20.3. The summed E-state index contributed by atoms with van der Waals surface area (Å²) in [5.74, 6) is 0.185. The van der Waals surface area contributed by atoms with E-state index in [-0.39, 0.29) is 29.8 Å². The summed E-state index contributed by atoms with van der Waals surface area (Å²) in [6.07, 6.45) is 7.35. The van der Waals surface area contributed by atoms with Crippen LogP contribution >= 0.6 is 12.4 Å². The number of nitrogens with two attached hydrogens (primary N) is 1. The third kappa shape index (κ3) is 3.90. The minimum atomic E-state index is -0.0111. The summed E-state index contributed by atoms with van der Waals surface area (Å²) in [6.45, 7) is 10.1. The Morgan fingerprint density at radius 2 is 1.80 bits per heavy atom. The van der Waals surface area contributed by atoms with Gasteiger partial charge in [-0.25, -0.2) is 0 Å². The van der Waals surface area contributed by atoms with Gasteiger partial charge in [-0.05, 0) is 44.6 Å². The van der Waals surface area contributed by atoms with Crippen molar-refractivity contribution in [2.45, 2.75) is 78.3 Å². The Bertz CT molecular complexity index is 617. The van der Waals surface area contributed by atoms with Gasteiger partial charge in [0.05, 0.1) is 5.56 Å². The Labute approximate surface area is 158 Å². The Kier molecular flexibility index (Phi) is 6.26. The predicted molar refractivity (Wildman–Crippen MR) is 106 cm³/mol. The zero-order chi connectivity index (χ0) is 17.5. The van der Waals surface area contributed by atoms with Gasteiger partial charge in [-0.15, -0.1) is 12.4 Å². The zero-order valence-corrected chi connectivity index (χ0v) is 17.0. The van der Waals surface area contributed by atoms with Crippen molar-refractivity contribution >= 4 is 18.3 Å². The van der Waals surface area contributed by atoms with Gasteiger partial charge in [-0.1, -0.05) is 33.1 Å². The lowest BCUT2D eigenvalue weighted by atomic mass is 9.79. The van der Waals surface area contributed by atoms with Gasteiger partial charge in [0.2, 0.25) is 0 Å². The fourth-order valence-electron chi connectivity index (χ4n) is 4.61. The first-order valence-corrected chi connectivity index (χ1v) is 9.54. The molecule has 1 aliphatic heterocycles. The van der Waals surface area contributed by atoms with E-state index in [2.05, 4.69) is 38.3 Å². The van der Waals surface area contributed by atoms with Crippen molar-refractivity contribution < 1.29 is 4.79 Å². The lowest BCUT2D eigenvalue weighted by Gasteiger charge is -2.42. The third-order valence-electron chi connectivity index (χ3n) is 6.25. The van der Waals surface area contributed by atoms with E-state index in [0.717, 1.165) is 30.8 Å². The predicted octanol–water partition coefficient (Wildman–Crippen LogP) is 4.23. The number of rotatable bonds is 2. The van der Waals surface area contributed by atoms with Gasteiger partial charge in [-0.2, -0.15) is 0 Å². The molecule has 1 saturated carbocycles. The molecule has 1 atom stereocenters. The molecule has 1 saturated heterocycles. The molecule has 1 amide bonds. The second-order valence-electron chi connectivity index (χ2n) is 8.56. The number of carbonyl (C=O) groups excluding carboxylic acids is 1. The number of hydrogen-bond donors (Lipinski definition) is 1. The number of carbonyl (C=O) groups is 1. The molecule has 2 N–H and O–H groups in total. The maximum Gasteiger partial charge on any atom is 0.255 e. The van der Waals surface area contributed by atoms with Crippen LogP contribution in [0.1, 0.15) is 80.2 Å². The van der Waals surface area contributed by atoms with E-state index in [0.29, 0.717) is 6.04 Å². The highest BCUT2D eigenvalue weighted by molar-refractivity contribution is 5.95. The van der Waals surface area contributed by atoms with Crippen LogP contribution in [0, 0.1) is 19.3 Å². The molecule has 0 bridgehead atoms. The fourth-order valence-corrected chi connectivity index (χ4v) is 4.61. The van der Waals surface area contributed by atoms with Crippen molar-refractivity contribution in [3.05, 3.63) is 23.0 Å². The second kappa shape index (κ2) is 7.71. The van der Waals surface area contributed by atoms with Crippen LogP contribution in [0.3, 0.4) is 0 Å². The fraction of sp³-hybridized carbons (Fsp3) is 0.750. The van der Waals surface area contributed by atoms with E-state index in [1.165, 1.54) is 37.8 Å². The lowest BCUT2D eigenvalue weighted by molar-refractivity contribution is 0.0532. The molecule has 0 radical (unpaired) electrons. The zero-order valence-electron chi connectivity index (χ0n) is 16.2. The summed E-state index contributed by atoms with van der Waals surface area (Å²) in [5.41, 5.74) is 9.49. The molecule has 1 aliphatic carbocycles. The summed E-state index contributed by atoms with van der Waals surface area (Å²) in [5, 5.41) is 0. The summed E-state index contributed by atoms with van der Waals surface area (Å²) in [7, 11) is 0. The summed E-state index contributed by atoms with van der Waals surface area (Å²) in [6, 6.07) is 2.86. The average Bonchev–Trinajstić information content (AvgIpc) is 2.85. The van der Waals surface area contributed by atoms with Crippen LogP contribution in [0.2, 0.25) is 0 Å². The number of halogens is 1. The Balaban J connectivity index is 0.00000225. The molecule has 2 fully saturated rings.